The Morgan fingerprint density at radius 3 is 2.83 bits per heavy atom. The summed E-state index contributed by atoms with van der Waals surface area (Å²) in [6, 6.07) is 0.628. The Bertz CT molecular complexity index is 141. The number of hydrogen-bond acceptors (Lipinski definition) is 3. The Morgan fingerprint density at radius 1 is 1.42 bits per heavy atom. The van der Waals surface area contributed by atoms with E-state index in [2.05, 4.69) is 11.9 Å². The predicted molar refractivity (Wildman–Crippen MR) is 46.2 cm³/mol. The van der Waals surface area contributed by atoms with Crippen molar-refractivity contribution < 1.29 is 9.47 Å². The highest BCUT2D eigenvalue weighted by atomic mass is 16.6. The van der Waals surface area contributed by atoms with Crippen molar-refractivity contribution in [1.82, 2.24) is 4.90 Å². The van der Waals surface area contributed by atoms with Gasteiger partial charge in [0.05, 0.1) is 19.3 Å². The zero-order valence-electron chi connectivity index (χ0n) is 7.66. The highest BCUT2D eigenvalue weighted by molar-refractivity contribution is 4.78. The Balaban J connectivity index is 1.72. The van der Waals surface area contributed by atoms with Crippen LogP contribution in [-0.4, -0.2) is 50.5 Å². The molecule has 0 aromatic rings. The van der Waals surface area contributed by atoms with Crippen LogP contribution in [0.5, 0.6) is 0 Å². The number of ether oxygens (including phenoxy) is 2. The largest absolute Gasteiger partial charge is 0.380 e. The van der Waals surface area contributed by atoms with Crippen molar-refractivity contribution in [2.75, 3.05) is 33.4 Å². The van der Waals surface area contributed by atoms with E-state index in [1.807, 2.05) is 0 Å². The van der Waals surface area contributed by atoms with Gasteiger partial charge in [0, 0.05) is 19.2 Å². The maximum absolute atomic E-state index is 5.42. The van der Waals surface area contributed by atoms with E-state index in [0.29, 0.717) is 12.1 Å². The van der Waals surface area contributed by atoms with Crippen LogP contribution in [0.1, 0.15) is 12.8 Å². The standard InChI is InChI=1S/C9H17NO2/c1-10(5-9-7-12-9)8-3-2-4-11-6-8/h8-9H,2-7H2,1H3. The topological polar surface area (TPSA) is 25.0 Å². The number of nitrogens with zero attached hydrogens (tertiary/aromatic N) is 1. The lowest BCUT2D eigenvalue weighted by atomic mass is 10.1. The van der Waals surface area contributed by atoms with Gasteiger partial charge >= 0.3 is 0 Å². The second kappa shape index (κ2) is 3.73. The number of epoxide rings is 1. The van der Waals surface area contributed by atoms with E-state index in [4.69, 9.17) is 9.47 Å². The lowest BCUT2D eigenvalue weighted by Gasteiger charge is -2.30. The number of rotatable bonds is 3. The lowest BCUT2D eigenvalue weighted by molar-refractivity contribution is 0.0257. The zero-order chi connectivity index (χ0) is 8.39. The van der Waals surface area contributed by atoms with Gasteiger partial charge in [-0.1, -0.05) is 0 Å². The third kappa shape index (κ3) is 2.19. The lowest BCUT2D eigenvalue weighted by Crippen LogP contribution is -2.40. The van der Waals surface area contributed by atoms with Crippen LogP contribution in [0.2, 0.25) is 0 Å². The van der Waals surface area contributed by atoms with Crippen LogP contribution in [0.25, 0.3) is 0 Å². The van der Waals surface area contributed by atoms with Gasteiger partial charge in [0.1, 0.15) is 0 Å². The van der Waals surface area contributed by atoms with E-state index >= 15 is 0 Å². The maximum Gasteiger partial charge on any atom is 0.0936 e. The summed E-state index contributed by atoms with van der Waals surface area (Å²) in [5, 5.41) is 0. The van der Waals surface area contributed by atoms with Crippen LogP contribution in [0.3, 0.4) is 0 Å². The van der Waals surface area contributed by atoms with Crippen LogP contribution < -0.4 is 0 Å². The molecule has 12 heavy (non-hydrogen) atoms. The van der Waals surface area contributed by atoms with E-state index in [0.717, 1.165) is 26.4 Å². The number of hydrogen-bond donors (Lipinski definition) is 0. The van der Waals surface area contributed by atoms with Gasteiger partial charge in [0.15, 0.2) is 0 Å². The second-order valence-corrected chi connectivity index (χ2v) is 3.77. The minimum Gasteiger partial charge on any atom is -0.380 e. The Hall–Kier alpha value is -0.120. The Labute approximate surface area is 73.6 Å². The van der Waals surface area contributed by atoms with Crippen LogP contribution in [-0.2, 0) is 9.47 Å². The molecule has 2 heterocycles. The van der Waals surface area contributed by atoms with E-state index in [-0.39, 0.29) is 0 Å². The summed E-state index contributed by atoms with van der Waals surface area (Å²) < 4.78 is 10.6. The highest BCUT2D eigenvalue weighted by Crippen LogP contribution is 2.16. The first kappa shape index (κ1) is 8.48. The molecular weight excluding hydrogens is 154 g/mol. The van der Waals surface area contributed by atoms with Gasteiger partial charge in [0.2, 0.25) is 0 Å². The molecule has 0 radical (unpaired) electrons. The molecule has 0 saturated carbocycles. The summed E-state index contributed by atoms with van der Waals surface area (Å²) in [6.45, 7) is 3.89. The van der Waals surface area contributed by atoms with Crippen molar-refractivity contribution in [3.63, 3.8) is 0 Å². The quantitative estimate of drug-likeness (QED) is 0.578. The fourth-order valence-electron chi connectivity index (χ4n) is 1.72. The fourth-order valence-corrected chi connectivity index (χ4v) is 1.72. The molecule has 0 bridgehead atoms. The minimum absolute atomic E-state index is 0.511. The second-order valence-electron chi connectivity index (χ2n) is 3.77. The molecule has 2 unspecified atom stereocenters. The van der Waals surface area contributed by atoms with Crippen molar-refractivity contribution in [2.24, 2.45) is 0 Å². The molecule has 2 saturated heterocycles. The summed E-state index contributed by atoms with van der Waals surface area (Å²) in [6.07, 6.45) is 3.00. The highest BCUT2D eigenvalue weighted by Gasteiger charge is 2.27. The first-order valence-electron chi connectivity index (χ1n) is 4.76. The van der Waals surface area contributed by atoms with Gasteiger partial charge in [-0.05, 0) is 19.9 Å². The molecule has 2 atom stereocenters. The molecule has 2 aliphatic rings. The van der Waals surface area contributed by atoms with Gasteiger partial charge < -0.3 is 9.47 Å². The maximum atomic E-state index is 5.42. The third-order valence-electron chi connectivity index (χ3n) is 2.65. The summed E-state index contributed by atoms with van der Waals surface area (Å²) in [4.78, 5) is 2.37. The monoisotopic (exact) mass is 171 g/mol. The van der Waals surface area contributed by atoms with Crippen LogP contribution >= 0.6 is 0 Å². The van der Waals surface area contributed by atoms with Gasteiger partial charge in [0.25, 0.3) is 0 Å². The third-order valence-corrected chi connectivity index (χ3v) is 2.65. The molecule has 70 valence electrons. The van der Waals surface area contributed by atoms with Gasteiger partial charge in [-0.25, -0.2) is 0 Å². The van der Waals surface area contributed by atoms with E-state index in [1.165, 1.54) is 12.8 Å². The van der Waals surface area contributed by atoms with E-state index in [1.54, 1.807) is 0 Å². The zero-order valence-corrected chi connectivity index (χ0v) is 7.66. The minimum atomic E-state index is 0.511. The predicted octanol–water partition coefficient (Wildman–Crippen LogP) is 0.496. The molecule has 2 rings (SSSR count). The first-order chi connectivity index (χ1) is 5.86. The molecule has 0 aromatic carbocycles. The molecule has 0 aromatic heterocycles. The van der Waals surface area contributed by atoms with Crippen molar-refractivity contribution in [1.29, 1.82) is 0 Å². The van der Waals surface area contributed by atoms with Crippen molar-refractivity contribution in [3.05, 3.63) is 0 Å². The Kier molecular flexibility index (Phi) is 2.63. The van der Waals surface area contributed by atoms with E-state index in [9.17, 15) is 0 Å². The Morgan fingerprint density at radius 2 is 2.25 bits per heavy atom. The molecule has 0 amide bonds. The average Bonchev–Trinajstić information content (AvgIpc) is 2.90. The normalized spacial score (nSPS) is 35.5. The summed E-state index contributed by atoms with van der Waals surface area (Å²) in [5.74, 6) is 0. The molecule has 2 fully saturated rings. The smallest absolute Gasteiger partial charge is 0.0936 e. The van der Waals surface area contributed by atoms with Gasteiger partial charge in [-0.15, -0.1) is 0 Å². The molecule has 0 aliphatic carbocycles. The molecule has 2 aliphatic heterocycles. The summed E-state index contributed by atoms with van der Waals surface area (Å²) in [5.41, 5.74) is 0. The van der Waals surface area contributed by atoms with Crippen molar-refractivity contribution in [2.45, 2.75) is 25.0 Å². The van der Waals surface area contributed by atoms with Crippen molar-refractivity contribution in [3.8, 4) is 0 Å². The van der Waals surface area contributed by atoms with Crippen molar-refractivity contribution >= 4 is 0 Å². The van der Waals surface area contributed by atoms with Crippen LogP contribution in [0.15, 0.2) is 0 Å². The number of likely N-dealkylation sites (N-methyl/N-ethyl adjacent to an activating group) is 1. The van der Waals surface area contributed by atoms with Gasteiger partial charge in [-0.2, -0.15) is 0 Å². The SMILES string of the molecule is CN(CC1CO1)C1CCCOC1. The van der Waals surface area contributed by atoms with Crippen LogP contribution in [0, 0.1) is 0 Å². The summed E-state index contributed by atoms with van der Waals surface area (Å²) >= 11 is 0. The van der Waals surface area contributed by atoms with Gasteiger partial charge in [-0.3, -0.25) is 4.90 Å². The molecule has 0 spiro atoms. The average molecular weight is 171 g/mol. The van der Waals surface area contributed by atoms with E-state index < -0.39 is 0 Å². The summed E-state index contributed by atoms with van der Waals surface area (Å²) in [7, 11) is 2.17. The fraction of sp³-hybridized carbons (Fsp3) is 1.00. The molecule has 3 heteroatoms. The van der Waals surface area contributed by atoms with Crippen LogP contribution in [0.4, 0.5) is 0 Å². The molecule has 0 N–H and O–H groups in total. The molecular formula is C9H17NO2. The molecule has 3 nitrogen and oxygen atoms in total. The first-order valence-corrected chi connectivity index (χ1v) is 4.76.